The maximum atomic E-state index is 10.6. The van der Waals surface area contributed by atoms with E-state index in [1.165, 1.54) is 0 Å². The highest BCUT2D eigenvalue weighted by atomic mass is 16.5. The summed E-state index contributed by atoms with van der Waals surface area (Å²) in [6.45, 7) is 3.39. The molecule has 1 atom stereocenters. The fourth-order valence-corrected chi connectivity index (χ4v) is 2.69. The lowest BCUT2D eigenvalue weighted by atomic mass is 9.79. The fourth-order valence-electron chi connectivity index (χ4n) is 2.69. The Balaban J connectivity index is 1.88. The minimum atomic E-state index is -0.578. The van der Waals surface area contributed by atoms with E-state index in [9.17, 15) is 5.11 Å². The lowest BCUT2D eigenvalue weighted by Gasteiger charge is -2.36. The first-order valence-corrected chi connectivity index (χ1v) is 7.11. The van der Waals surface area contributed by atoms with Gasteiger partial charge in [0.2, 0.25) is 0 Å². The van der Waals surface area contributed by atoms with E-state index in [4.69, 9.17) is 9.15 Å². The van der Waals surface area contributed by atoms with Crippen molar-refractivity contribution in [3.05, 3.63) is 24.2 Å². The third-order valence-corrected chi connectivity index (χ3v) is 4.10. The van der Waals surface area contributed by atoms with E-state index in [0.717, 1.165) is 37.4 Å². The zero-order chi connectivity index (χ0) is 13.7. The molecule has 1 fully saturated rings. The number of aliphatic hydroxyl groups is 1. The molecule has 4 nitrogen and oxygen atoms in total. The van der Waals surface area contributed by atoms with Crippen molar-refractivity contribution >= 4 is 0 Å². The Kier molecular flexibility index (Phi) is 5.02. The monoisotopic (exact) mass is 267 g/mol. The average molecular weight is 267 g/mol. The van der Waals surface area contributed by atoms with Crippen molar-refractivity contribution < 1.29 is 14.3 Å². The van der Waals surface area contributed by atoms with Crippen LogP contribution in [-0.4, -0.2) is 31.0 Å². The van der Waals surface area contributed by atoms with Crippen LogP contribution in [0.15, 0.2) is 22.8 Å². The van der Waals surface area contributed by atoms with Gasteiger partial charge in [-0.25, -0.2) is 0 Å². The average Bonchev–Trinajstić information content (AvgIpc) is 2.92. The largest absolute Gasteiger partial charge is 0.468 e. The Bertz CT molecular complexity index is 355. The second-order valence-electron chi connectivity index (χ2n) is 5.81. The Hall–Kier alpha value is -0.840. The number of hydrogen-bond acceptors (Lipinski definition) is 4. The molecule has 2 N–H and O–H groups in total. The number of nitrogens with one attached hydrogen (secondary N) is 1. The summed E-state index contributed by atoms with van der Waals surface area (Å²) in [6.07, 6.45) is 5.62. The van der Waals surface area contributed by atoms with Crippen LogP contribution < -0.4 is 5.32 Å². The third-order valence-electron chi connectivity index (χ3n) is 4.10. The topological polar surface area (TPSA) is 54.6 Å². The van der Waals surface area contributed by atoms with Crippen LogP contribution in [0.4, 0.5) is 0 Å². The third kappa shape index (κ3) is 4.06. The van der Waals surface area contributed by atoms with Gasteiger partial charge in [-0.3, -0.25) is 0 Å². The summed E-state index contributed by atoms with van der Waals surface area (Å²) in [7, 11) is 1.68. The first-order valence-electron chi connectivity index (χ1n) is 7.11. The van der Waals surface area contributed by atoms with Crippen LogP contribution >= 0.6 is 0 Å². The van der Waals surface area contributed by atoms with Crippen molar-refractivity contribution in [1.29, 1.82) is 0 Å². The number of ether oxygens (including phenoxy) is 1. The molecule has 0 bridgehead atoms. The molecule has 1 unspecified atom stereocenters. The van der Waals surface area contributed by atoms with Crippen LogP contribution in [0.1, 0.15) is 44.4 Å². The summed E-state index contributed by atoms with van der Waals surface area (Å²) in [4.78, 5) is 0. The smallest absolute Gasteiger partial charge is 0.123 e. The first kappa shape index (κ1) is 14.6. The van der Waals surface area contributed by atoms with Gasteiger partial charge in [0.05, 0.1) is 24.5 Å². The van der Waals surface area contributed by atoms with Gasteiger partial charge in [0.25, 0.3) is 0 Å². The Labute approximate surface area is 115 Å². The van der Waals surface area contributed by atoms with Crippen LogP contribution in [0.2, 0.25) is 0 Å². The fraction of sp³-hybridized carbons (Fsp3) is 0.733. The molecule has 4 heteroatoms. The van der Waals surface area contributed by atoms with Gasteiger partial charge in [-0.15, -0.1) is 0 Å². The van der Waals surface area contributed by atoms with Gasteiger partial charge >= 0.3 is 0 Å². The van der Waals surface area contributed by atoms with E-state index in [2.05, 4.69) is 12.2 Å². The van der Waals surface area contributed by atoms with Gasteiger partial charge in [-0.05, 0) is 43.7 Å². The van der Waals surface area contributed by atoms with Crippen molar-refractivity contribution in [2.45, 2.75) is 44.2 Å². The molecule has 0 saturated heterocycles. The van der Waals surface area contributed by atoms with E-state index < -0.39 is 5.60 Å². The highest BCUT2D eigenvalue weighted by molar-refractivity contribution is 5.05. The second-order valence-corrected chi connectivity index (χ2v) is 5.81. The van der Waals surface area contributed by atoms with Crippen LogP contribution in [0.3, 0.4) is 0 Å². The van der Waals surface area contributed by atoms with Crippen molar-refractivity contribution in [1.82, 2.24) is 5.32 Å². The highest BCUT2D eigenvalue weighted by Gasteiger charge is 2.32. The highest BCUT2D eigenvalue weighted by Crippen LogP contribution is 2.31. The van der Waals surface area contributed by atoms with E-state index in [1.54, 1.807) is 13.4 Å². The van der Waals surface area contributed by atoms with E-state index in [-0.39, 0.29) is 6.04 Å². The SMILES string of the molecule is COCC(NCC1(O)CCC(C)CC1)c1ccco1. The Morgan fingerprint density at radius 1 is 1.53 bits per heavy atom. The van der Waals surface area contributed by atoms with Gasteiger partial charge in [-0.1, -0.05) is 6.92 Å². The molecule has 2 rings (SSSR count). The molecule has 0 radical (unpaired) electrons. The van der Waals surface area contributed by atoms with Crippen molar-refractivity contribution in [3.8, 4) is 0 Å². The quantitative estimate of drug-likeness (QED) is 0.831. The molecule has 1 aromatic rings. The molecular formula is C15H25NO3. The molecule has 1 saturated carbocycles. The van der Waals surface area contributed by atoms with Crippen LogP contribution in [0.25, 0.3) is 0 Å². The molecular weight excluding hydrogens is 242 g/mol. The molecule has 108 valence electrons. The second kappa shape index (κ2) is 6.55. The lowest BCUT2D eigenvalue weighted by Crippen LogP contribution is -2.45. The normalized spacial score (nSPS) is 29.3. The summed E-state index contributed by atoms with van der Waals surface area (Å²) < 4.78 is 10.6. The number of furan rings is 1. The summed E-state index contributed by atoms with van der Waals surface area (Å²) in [6, 6.07) is 3.81. The molecule has 19 heavy (non-hydrogen) atoms. The van der Waals surface area contributed by atoms with Crippen LogP contribution in [-0.2, 0) is 4.74 Å². The lowest BCUT2D eigenvalue weighted by molar-refractivity contribution is -0.0110. The van der Waals surface area contributed by atoms with Crippen molar-refractivity contribution in [3.63, 3.8) is 0 Å². The first-order chi connectivity index (χ1) is 9.13. The minimum Gasteiger partial charge on any atom is -0.468 e. The van der Waals surface area contributed by atoms with Gasteiger partial charge in [0.1, 0.15) is 5.76 Å². The minimum absolute atomic E-state index is 0.00312. The van der Waals surface area contributed by atoms with Crippen molar-refractivity contribution in [2.24, 2.45) is 5.92 Å². The number of methoxy groups -OCH3 is 1. The zero-order valence-corrected chi connectivity index (χ0v) is 11.9. The summed E-state index contributed by atoms with van der Waals surface area (Å²) in [5.41, 5.74) is -0.578. The van der Waals surface area contributed by atoms with Gasteiger partial charge in [0, 0.05) is 13.7 Å². The van der Waals surface area contributed by atoms with Crippen LogP contribution in [0.5, 0.6) is 0 Å². The number of hydrogen-bond donors (Lipinski definition) is 2. The predicted molar refractivity (Wildman–Crippen MR) is 73.9 cm³/mol. The molecule has 0 aromatic carbocycles. The zero-order valence-electron chi connectivity index (χ0n) is 11.9. The van der Waals surface area contributed by atoms with E-state index in [1.807, 2.05) is 12.1 Å². The summed E-state index contributed by atoms with van der Waals surface area (Å²) >= 11 is 0. The molecule has 0 spiro atoms. The van der Waals surface area contributed by atoms with Gasteiger partial charge < -0.3 is 19.6 Å². The Morgan fingerprint density at radius 2 is 2.26 bits per heavy atom. The maximum Gasteiger partial charge on any atom is 0.123 e. The molecule has 0 amide bonds. The van der Waals surface area contributed by atoms with Gasteiger partial charge in [0.15, 0.2) is 0 Å². The van der Waals surface area contributed by atoms with E-state index >= 15 is 0 Å². The molecule has 1 aromatic heterocycles. The predicted octanol–water partition coefficient (Wildman–Crippen LogP) is 2.50. The maximum absolute atomic E-state index is 10.6. The summed E-state index contributed by atoms with van der Waals surface area (Å²) in [5.74, 6) is 1.59. The molecule has 1 heterocycles. The van der Waals surface area contributed by atoms with Crippen LogP contribution in [0, 0.1) is 5.92 Å². The number of rotatable bonds is 6. The van der Waals surface area contributed by atoms with Crippen molar-refractivity contribution in [2.75, 3.05) is 20.3 Å². The molecule has 1 aliphatic carbocycles. The van der Waals surface area contributed by atoms with E-state index in [0.29, 0.717) is 13.2 Å². The Morgan fingerprint density at radius 3 is 2.84 bits per heavy atom. The standard InChI is InChI=1S/C15H25NO3/c1-12-5-7-15(17,8-6-12)11-16-13(10-18-2)14-4-3-9-19-14/h3-4,9,12-13,16-17H,5-8,10-11H2,1-2H3. The molecule has 0 aliphatic heterocycles. The molecule has 1 aliphatic rings. The van der Waals surface area contributed by atoms with Gasteiger partial charge in [-0.2, -0.15) is 0 Å². The summed E-state index contributed by atoms with van der Waals surface area (Å²) in [5, 5.41) is 13.9.